The van der Waals surface area contributed by atoms with Gasteiger partial charge in [-0.1, -0.05) is 40.0 Å². The second kappa shape index (κ2) is 9.68. The van der Waals surface area contributed by atoms with Gasteiger partial charge in [0, 0.05) is 31.5 Å². The van der Waals surface area contributed by atoms with Crippen LogP contribution in [0.15, 0.2) is 24.3 Å². The van der Waals surface area contributed by atoms with Crippen molar-refractivity contribution in [3.05, 3.63) is 24.3 Å². The molecule has 1 aromatic carbocycles. The van der Waals surface area contributed by atoms with E-state index in [9.17, 15) is 18.4 Å². The number of unbranched alkanes of at least 4 members (excludes halogenated alkanes) is 1. The van der Waals surface area contributed by atoms with Crippen molar-refractivity contribution < 1.29 is 23.1 Å². The van der Waals surface area contributed by atoms with Gasteiger partial charge in [0.05, 0.1) is 5.41 Å². The number of carbonyl (C=O) groups is 2. The molecule has 2 atom stereocenters. The van der Waals surface area contributed by atoms with Gasteiger partial charge >= 0.3 is 6.11 Å². The Labute approximate surface area is 172 Å². The summed E-state index contributed by atoms with van der Waals surface area (Å²) in [5, 5.41) is 0. The summed E-state index contributed by atoms with van der Waals surface area (Å²) in [6.07, 6.45) is 2.83. The van der Waals surface area contributed by atoms with Crippen molar-refractivity contribution in [2.75, 3.05) is 11.4 Å². The van der Waals surface area contributed by atoms with Crippen molar-refractivity contribution in [1.82, 2.24) is 0 Å². The molecule has 1 spiro atoms. The van der Waals surface area contributed by atoms with E-state index in [1.54, 1.807) is 17.0 Å². The maximum atomic E-state index is 13.0. The van der Waals surface area contributed by atoms with Gasteiger partial charge in [0.15, 0.2) is 0 Å². The van der Waals surface area contributed by atoms with Crippen molar-refractivity contribution >= 4 is 17.4 Å². The van der Waals surface area contributed by atoms with E-state index in [-0.39, 0.29) is 23.4 Å². The highest BCUT2D eigenvalue weighted by molar-refractivity contribution is 6.02. The quantitative estimate of drug-likeness (QED) is 0.614. The molecule has 1 aliphatic carbocycles. The molecule has 2 fully saturated rings. The van der Waals surface area contributed by atoms with Crippen molar-refractivity contribution in [3.63, 3.8) is 0 Å². The molecule has 1 aromatic rings. The van der Waals surface area contributed by atoms with Crippen molar-refractivity contribution in [1.29, 1.82) is 0 Å². The van der Waals surface area contributed by atoms with Crippen LogP contribution in [0.25, 0.3) is 0 Å². The van der Waals surface area contributed by atoms with Crippen molar-refractivity contribution in [2.45, 2.75) is 78.7 Å². The summed E-state index contributed by atoms with van der Waals surface area (Å²) in [7, 11) is 0. The fraction of sp³-hybridized carbons (Fsp3) is 0.652. The molecule has 29 heavy (non-hydrogen) atoms. The molecular formula is C23H33F2NO3. The first-order chi connectivity index (χ1) is 13.6. The first-order valence-corrected chi connectivity index (χ1v) is 10.6. The van der Waals surface area contributed by atoms with Crippen LogP contribution in [0.1, 0.15) is 72.6 Å². The third-order valence-electron chi connectivity index (χ3n) is 5.81. The minimum Gasteiger partial charge on any atom is -0.433 e. The monoisotopic (exact) mass is 409 g/mol. The van der Waals surface area contributed by atoms with Gasteiger partial charge in [-0.25, -0.2) is 0 Å². The second-order valence-electron chi connectivity index (χ2n) is 8.33. The van der Waals surface area contributed by atoms with Gasteiger partial charge < -0.3 is 9.64 Å². The van der Waals surface area contributed by atoms with E-state index in [0.29, 0.717) is 32.0 Å². The fourth-order valence-electron chi connectivity index (χ4n) is 3.87. The molecule has 1 amide bonds. The normalized spacial score (nSPS) is 24.9. The van der Waals surface area contributed by atoms with Crippen LogP contribution >= 0.6 is 0 Å². The summed E-state index contributed by atoms with van der Waals surface area (Å²) in [6, 6.07) is 6.09. The number of benzene rings is 1. The molecule has 0 N–H and O–H groups in total. The molecule has 0 radical (unpaired) electrons. The summed E-state index contributed by atoms with van der Waals surface area (Å²) in [5.41, 5.74) is 0.0615. The van der Waals surface area contributed by atoms with Crippen LogP contribution in [0.3, 0.4) is 0 Å². The van der Waals surface area contributed by atoms with E-state index in [1.807, 2.05) is 6.92 Å². The Kier molecular flexibility index (Phi) is 7.78. The van der Waals surface area contributed by atoms with E-state index in [2.05, 4.69) is 18.6 Å². The zero-order valence-corrected chi connectivity index (χ0v) is 18.0. The topological polar surface area (TPSA) is 46.6 Å². The highest BCUT2D eigenvalue weighted by atomic mass is 19.3. The molecule has 2 aliphatic rings. The Balaban J connectivity index is 0.000000687. The van der Waals surface area contributed by atoms with Crippen LogP contribution in [0.2, 0.25) is 0 Å². The predicted octanol–water partition coefficient (Wildman–Crippen LogP) is 5.99. The van der Waals surface area contributed by atoms with Gasteiger partial charge in [-0.05, 0) is 43.5 Å². The maximum absolute atomic E-state index is 13.0. The third-order valence-corrected chi connectivity index (χ3v) is 5.81. The third kappa shape index (κ3) is 6.00. The summed E-state index contributed by atoms with van der Waals surface area (Å²) >= 11 is 0. The van der Waals surface area contributed by atoms with Gasteiger partial charge in [0.1, 0.15) is 11.5 Å². The molecule has 6 heteroatoms. The summed E-state index contributed by atoms with van der Waals surface area (Å²) in [4.78, 5) is 27.0. The first kappa shape index (κ1) is 23.3. The van der Waals surface area contributed by atoms with E-state index in [4.69, 9.17) is 0 Å². The molecule has 1 aliphatic heterocycles. The summed E-state index contributed by atoms with van der Waals surface area (Å²) < 4.78 is 30.3. The molecule has 1 saturated carbocycles. The average Bonchev–Trinajstić information content (AvgIpc) is 2.88. The molecule has 162 valence electrons. The van der Waals surface area contributed by atoms with E-state index in [0.717, 1.165) is 19.3 Å². The Bertz CT molecular complexity index is 697. The lowest BCUT2D eigenvalue weighted by Gasteiger charge is -2.26. The zero-order chi connectivity index (χ0) is 21.7. The molecule has 3 rings (SSSR count). The summed E-state index contributed by atoms with van der Waals surface area (Å²) in [5.74, 6) is 0.218. The van der Waals surface area contributed by atoms with Gasteiger partial charge in [-0.15, -0.1) is 0 Å². The van der Waals surface area contributed by atoms with Crippen LogP contribution in [-0.4, -0.2) is 24.3 Å². The smallest absolute Gasteiger partial charge is 0.394 e. The van der Waals surface area contributed by atoms with Crippen LogP contribution in [0, 0.1) is 11.3 Å². The van der Waals surface area contributed by atoms with E-state index in [1.165, 1.54) is 25.0 Å². The number of halogens is 2. The number of alkyl halides is 2. The number of ketones is 1. The van der Waals surface area contributed by atoms with Crippen LogP contribution in [-0.2, 0) is 9.59 Å². The lowest BCUT2D eigenvalue weighted by molar-refractivity contribution is -0.159. The molecule has 4 nitrogen and oxygen atoms in total. The average molecular weight is 410 g/mol. The fourth-order valence-corrected chi connectivity index (χ4v) is 3.87. The van der Waals surface area contributed by atoms with Gasteiger partial charge in [-0.3, -0.25) is 9.59 Å². The highest BCUT2D eigenvalue weighted by Gasteiger charge is 2.49. The van der Waals surface area contributed by atoms with E-state index >= 15 is 0 Å². The minimum absolute atomic E-state index is 0.0216. The SMILES string of the molecule is CC1CCCC2(CCN(c3ccc(OC(C)(F)F)cc3)C2=O)CC1=O.CCCC. The molecule has 1 saturated heterocycles. The number of Topliss-reactive ketones (excluding diaryl/α,β-unsaturated/α-hetero) is 1. The number of anilines is 1. The van der Waals surface area contributed by atoms with Crippen LogP contribution in [0.4, 0.5) is 14.5 Å². The van der Waals surface area contributed by atoms with E-state index < -0.39 is 11.5 Å². The van der Waals surface area contributed by atoms with Crippen LogP contribution < -0.4 is 9.64 Å². The highest BCUT2D eigenvalue weighted by Crippen LogP contribution is 2.45. The molecule has 1 heterocycles. The Morgan fingerprint density at radius 3 is 2.31 bits per heavy atom. The van der Waals surface area contributed by atoms with Crippen LogP contribution in [0.5, 0.6) is 5.75 Å². The van der Waals surface area contributed by atoms with Gasteiger partial charge in [0.2, 0.25) is 5.91 Å². The Morgan fingerprint density at radius 2 is 1.76 bits per heavy atom. The van der Waals surface area contributed by atoms with Gasteiger partial charge in [0.25, 0.3) is 0 Å². The number of carbonyl (C=O) groups excluding carboxylic acids is 2. The largest absolute Gasteiger partial charge is 0.433 e. The number of amides is 1. The first-order valence-electron chi connectivity index (χ1n) is 10.6. The number of ether oxygens (including phenoxy) is 1. The standard InChI is InChI=1S/C19H23F2NO3.C4H10/c1-13-4-3-9-19(12-16(13)23)10-11-22(17(19)24)14-5-7-15(8-6-14)25-18(2,20)21;1-3-4-2/h5-8,13H,3-4,9-12H2,1-2H3;3-4H2,1-2H3. The minimum atomic E-state index is -3.24. The lowest BCUT2D eigenvalue weighted by atomic mass is 9.78. The lowest BCUT2D eigenvalue weighted by Crippen LogP contribution is -2.36. The van der Waals surface area contributed by atoms with Crippen molar-refractivity contribution in [2.24, 2.45) is 11.3 Å². The number of hydrogen-bond donors (Lipinski definition) is 0. The molecule has 0 aromatic heterocycles. The van der Waals surface area contributed by atoms with Crippen molar-refractivity contribution in [3.8, 4) is 5.75 Å². The second-order valence-corrected chi connectivity index (χ2v) is 8.33. The van der Waals surface area contributed by atoms with Gasteiger partial charge in [-0.2, -0.15) is 8.78 Å². The Morgan fingerprint density at radius 1 is 1.14 bits per heavy atom. The molecule has 0 bridgehead atoms. The zero-order valence-electron chi connectivity index (χ0n) is 18.0. The number of hydrogen-bond acceptors (Lipinski definition) is 3. The molecule has 2 unspecified atom stereocenters. The predicted molar refractivity (Wildman–Crippen MR) is 110 cm³/mol. The number of rotatable bonds is 4. The molecular weight excluding hydrogens is 376 g/mol. The number of nitrogens with zero attached hydrogens (tertiary/aromatic N) is 1. The summed E-state index contributed by atoms with van der Waals surface area (Å²) in [6.45, 7) is 7.52. The Hall–Kier alpha value is -1.98. The maximum Gasteiger partial charge on any atom is 0.394 e.